The monoisotopic (exact) mass is 374 g/mol. The lowest BCUT2D eigenvalue weighted by molar-refractivity contribution is 0.302. The minimum Gasteiger partial charge on any atom is -0.489 e. The zero-order valence-electron chi connectivity index (χ0n) is 17.7. The van der Waals surface area contributed by atoms with Crippen LogP contribution in [0.4, 0.5) is 0 Å². The molecule has 0 amide bonds. The first-order chi connectivity index (χ1) is 13.3. The Labute approximate surface area is 167 Å². The van der Waals surface area contributed by atoms with Crippen LogP contribution < -0.4 is 10.2 Å². The molecule has 0 unspecified atom stereocenters. The average Bonchev–Trinajstić information content (AvgIpc) is 2.88. The number of rotatable bonds is 18. The molecule has 0 radical (unpaired) electrons. The average molecular weight is 375 g/mol. The molecule has 0 N–H and O–H groups in total. The molecule has 0 bridgehead atoms. The predicted molar refractivity (Wildman–Crippen MR) is 118 cm³/mol. The van der Waals surface area contributed by atoms with Gasteiger partial charge in [-0.05, 0) is 18.6 Å². The van der Waals surface area contributed by atoms with Gasteiger partial charge in [0.25, 0.3) is 0 Å². The van der Waals surface area contributed by atoms with E-state index in [1.807, 2.05) is 12.1 Å². The molecule has 0 aliphatic rings. The molecule has 0 fully saturated rings. The third-order valence-electron chi connectivity index (χ3n) is 5.22. The molecule has 0 aliphatic heterocycles. The van der Waals surface area contributed by atoms with Crippen LogP contribution in [0.2, 0.25) is 0 Å². The Morgan fingerprint density at radius 1 is 0.593 bits per heavy atom. The highest BCUT2D eigenvalue weighted by atomic mass is 16.5. The predicted octanol–water partition coefficient (Wildman–Crippen LogP) is 7.69. The van der Waals surface area contributed by atoms with Gasteiger partial charge in [-0.25, -0.2) is 0 Å². The second-order valence-corrected chi connectivity index (χ2v) is 7.79. The minimum atomic E-state index is -0.0310. The van der Waals surface area contributed by atoms with Crippen LogP contribution >= 0.6 is 0 Å². The fourth-order valence-electron chi connectivity index (χ4n) is 3.47. The van der Waals surface area contributed by atoms with Crippen molar-refractivity contribution in [1.82, 2.24) is 0 Å². The van der Waals surface area contributed by atoms with E-state index < -0.39 is 0 Å². The van der Waals surface area contributed by atoms with Crippen LogP contribution in [0, 0.1) is 0 Å². The van der Waals surface area contributed by atoms with Crippen molar-refractivity contribution in [2.45, 2.75) is 110 Å². The SMILES string of the molecule is CCCCCCCCCCCCCCCCCCOc1cccccc1=O. The van der Waals surface area contributed by atoms with Crippen molar-refractivity contribution >= 4 is 0 Å². The summed E-state index contributed by atoms with van der Waals surface area (Å²) in [6.45, 7) is 2.93. The Morgan fingerprint density at radius 2 is 1.04 bits per heavy atom. The molecule has 0 aromatic heterocycles. The molecule has 0 saturated heterocycles. The van der Waals surface area contributed by atoms with Gasteiger partial charge < -0.3 is 4.74 Å². The number of hydrogen-bond acceptors (Lipinski definition) is 2. The maximum atomic E-state index is 11.7. The number of unbranched alkanes of at least 4 members (excludes halogenated alkanes) is 15. The van der Waals surface area contributed by atoms with Gasteiger partial charge in [-0.3, -0.25) is 4.79 Å². The van der Waals surface area contributed by atoms with Crippen LogP contribution in [0.5, 0.6) is 5.75 Å². The standard InChI is InChI=1S/C25H42O2/c1-2-3-4-5-6-7-8-9-10-11-12-13-14-15-16-20-23-27-25-22-19-17-18-21-24(25)26/h17-19,21-22H,2-16,20,23H2,1H3. The van der Waals surface area contributed by atoms with E-state index in [-0.39, 0.29) is 5.43 Å². The summed E-state index contributed by atoms with van der Waals surface area (Å²) in [6.07, 6.45) is 21.9. The molecular weight excluding hydrogens is 332 g/mol. The van der Waals surface area contributed by atoms with Crippen molar-refractivity contribution in [2.24, 2.45) is 0 Å². The van der Waals surface area contributed by atoms with Crippen LogP contribution in [0.25, 0.3) is 0 Å². The fourth-order valence-corrected chi connectivity index (χ4v) is 3.47. The summed E-state index contributed by atoms with van der Waals surface area (Å²) in [5, 5.41) is 0. The van der Waals surface area contributed by atoms with Gasteiger partial charge in [0.1, 0.15) is 0 Å². The summed E-state index contributed by atoms with van der Waals surface area (Å²) < 4.78 is 5.60. The van der Waals surface area contributed by atoms with Crippen molar-refractivity contribution in [3.05, 3.63) is 40.6 Å². The molecule has 0 aliphatic carbocycles. The maximum Gasteiger partial charge on any atom is 0.220 e. The van der Waals surface area contributed by atoms with E-state index in [0.717, 1.165) is 6.42 Å². The molecule has 0 heterocycles. The zero-order chi connectivity index (χ0) is 19.4. The molecule has 1 aromatic carbocycles. The zero-order valence-corrected chi connectivity index (χ0v) is 17.7. The van der Waals surface area contributed by atoms with Crippen LogP contribution in [-0.2, 0) is 0 Å². The third kappa shape index (κ3) is 14.4. The largest absolute Gasteiger partial charge is 0.489 e. The lowest BCUT2D eigenvalue weighted by Crippen LogP contribution is -2.05. The van der Waals surface area contributed by atoms with E-state index >= 15 is 0 Å². The van der Waals surface area contributed by atoms with E-state index in [9.17, 15) is 4.79 Å². The van der Waals surface area contributed by atoms with Gasteiger partial charge >= 0.3 is 0 Å². The molecule has 1 rings (SSSR count). The van der Waals surface area contributed by atoms with Gasteiger partial charge in [-0.15, -0.1) is 0 Å². The maximum absolute atomic E-state index is 11.7. The van der Waals surface area contributed by atoms with E-state index in [2.05, 4.69) is 6.92 Å². The fraction of sp³-hybridized carbons (Fsp3) is 0.720. The van der Waals surface area contributed by atoms with Gasteiger partial charge in [0.15, 0.2) is 5.75 Å². The summed E-state index contributed by atoms with van der Waals surface area (Å²) in [5.74, 6) is 0.473. The second-order valence-electron chi connectivity index (χ2n) is 7.79. The molecule has 0 saturated carbocycles. The normalized spacial score (nSPS) is 10.9. The topological polar surface area (TPSA) is 26.3 Å². The number of ether oxygens (including phenoxy) is 1. The van der Waals surface area contributed by atoms with Crippen molar-refractivity contribution in [1.29, 1.82) is 0 Å². The highest BCUT2D eigenvalue weighted by Gasteiger charge is 1.98. The Kier molecular flexibility index (Phi) is 15.9. The van der Waals surface area contributed by atoms with Crippen LogP contribution in [0.15, 0.2) is 35.1 Å². The first-order valence-electron chi connectivity index (χ1n) is 11.6. The molecule has 2 nitrogen and oxygen atoms in total. The van der Waals surface area contributed by atoms with Gasteiger partial charge in [-0.2, -0.15) is 0 Å². The van der Waals surface area contributed by atoms with Gasteiger partial charge in [0.05, 0.1) is 6.61 Å². The van der Waals surface area contributed by atoms with Gasteiger partial charge in [0, 0.05) is 0 Å². The van der Waals surface area contributed by atoms with Crippen molar-refractivity contribution in [2.75, 3.05) is 6.61 Å². The Balaban J connectivity index is 1.79. The Hall–Kier alpha value is -1.31. The Morgan fingerprint density at radius 3 is 1.56 bits per heavy atom. The highest BCUT2D eigenvalue weighted by molar-refractivity contribution is 5.20. The van der Waals surface area contributed by atoms with E-state index in [4.69, 9.17) is 4.74 Å². The smallest absolute Gasteiger partial charge is 0.220 e. The first kappa shape index (κ1) is 23.7. The van der Waals surface area contributed by atoms with E-state index in [1.54, 1.807) is 18.2 Å². The van der Waals surface area contributed by atoms with Crippen LogP contribution in [0.3, 0.4) is 0 Å². The van der Waals surface area contributed by atoms with Crippen molar-refractivity contribution in [3.8, 4) is 5.75 Å². The molecule has 27 heavy (non-hydrogen) atoms. The molecule has 1 aromatic rings. The molecule has 2 heteroatoms. The summed E-state index contributed by atoms with van der Waals surface area (Å²) in [6, 6.07) is 8.77. The third-order valence-corrected chi connectivity index (χ3v) is 5.22. The van der Waals surface area contributed by atoms with Gasteiger partial charge in [0.2, 0.25) is 5.43 Å². The number of hydrogen-bond donors (Lipinski definition) is 0. The van der Waals surface area contributed by atoms with Crippen LogP contribution in [-0.4, -0.2) is 6.61 Å². The van der Waals surface area contributed by atoms with Crippen molar-refractivity contribution < 1.29 is 4.74 Å². The van der Waals surface area contributed by atoms with Crippen LogP contribution in [0.1, 0.15) is 110 Å². The summed E-state index contributed by atoms with van der Waals surface area (Å²) in [7, 11) is 0. The second kappa shape index (κ2) is 18.1. The molecule has 154 valence electrons. The highest BCUT2D eigenvalue weighted by Crippen LogP contribution is 2.13. The Bertz CT molecular complexity index is 498. The summed E-state index contributed by atoms with van der Waals surface area (Å²) in [4.78, 5) is 11.7. The van der Waals surface area contributed by atoms with Crippen molar-refractivity contribution in [3.63, 3.8) is 0 Å². The molecule has 0 atom stereocenters. The quantitative estimate of drug-likeness (QED) is 0.246. The summed E-state index contributed by atoms with van der Waals surface area (Å²) in [5.41, 5.74) is -0.0310. The summed E-state index contributed by atoms with van der Waals surface area (Å²) >= 11 is 0. The molecule has 0 spiro atoms. The van der Waals surface area contributed by atoms with Gasteiger partial charge in [-0.1, -0.05) is 121 Å². The lowest BCUT2D eigenvalue weighted by Gasteiger charge is -2.05. The first-order valence-corrected chi connectivity index (χ1v) is 11.6. The minimum absolute atomic E-state index is 0.0310. The van der Waals surface area contributed by atoms with E-state index in [0.29, 0.717) is 12.4 Å². The van der Waals surface area contributed by atoms with E-state index in [1.165, 1.54) is 96.3 Å². The lowest BCUT2D eigenvalue weighted by atomic mass is 10.0. The molecular formula is C25H42O2.